The molecule has 0 bridgehead atoms. The maximum atomic E-state index is 13.1. The van der Waals surface area contributed by atoms with Crippen LogP contribution < -0.4 is 4.74 Å². The van der Waals surface area contributed by atoms with Crippen LogP contribution in [0.25, 0.3) is 11.1 Å². The van der Waals surface area contributed by atoms with Gasteiger partial charge in [-0.1, -0.05) is 62.4 Å². The zero-order chi connectivity index (χ0) is 23.8. The van der Waals surface area contributed by atoms with E-state index in [1.54, 1.807) is 26.3 Å². The van der Waals surface area contributed by atoms with E-state index in [9.17, 15) is 8.42 Å². The highest BCUT2D eigenvalue weighted by Gasteiger charge is 2.36. The molecule has 0 amide bonds. The molecule has 4 nitrogen and oxygen atoms in total. The number of benzene rings is 3. The van der Waals surface area contributed by atoms with Crippen molar-refractivity contribution in [1.29, 1.82) is 0 Å². The standard InChI is InChI=1S/C28H33NO3S/c1-19-8-6-7-9-28(19)33(30,31)29(4)17-16-25-20(2)21(3)27-18-23(12-15-26(25)27)22-10-13-24(32-5)14-11-22/h6-15,18,20-21,25H,16-17H2,1-5H3/t20-,21?,25?/m1/s1. The molecule has 1 aliphatic rings. The quantitative estimate of drug-likeness (QED) is 0.418. The maximum absolute atomic E-state index is 13.1. The number of hydrogen-bond acceptors (Lipinski definition) is 3. The lowest BCUT2D eigenvalue weighted by Crippen LogP contribution is -2.29. The van der Waals surface area contributed by atoms with Crippen molar-refractivity contribution in [1.82, 2.24) is 4.31 Å². The Balaban J connectivity index is 1.54. The largest absolute Gasteiger partial charge is 0.497 e. The third-order valence-corrected chi connectivity index (χ3v) is 9.38. The fraction of sp³-hybridized carbons (Fsp3) is 0.357. The van der Waals surface area contributed by atoms with Crippen LogP contribution in [0.2, 0.25) is 0 Å². The summed E-state index contributed by atoms with van der Waals surface area (Å²) < 4.78 is 33.0. The van der Waals surface area contributed by atoms with Gasteiger partial charge in [0.15, 0.2) is 0 Å². The van der Waals surface area contributed by atoms with Crippen LogP contribution in [0.1, 0.15) is 48.8 Å². The molecule has 0 N–H and O–H groups in total. The summed E-state index contributed by atoms with van der Waals surface area (Å²) in [6, 6.07) is 22.1. The lowest BCUT2D eigenvalue weighted by molar-refractivity contribution is 0.378. The normalized spacial score (nSPS) is 20.1. The van der Waals surface area contributed by atoms with Crippen LogP contribution in [0.15, 0.2) is 71.6 Å². The highest BCUT2D eigenvalue weighted by molar-refractivity contribution is 7.89. The Morgan fingerprint density at radius 2 is 1.58 bits per heavy atom. The number of rotatable bonds is 7. The average Bonchev–Trinajstić information content (AvgIpc) is 3.06. The lowest BCUT2D eigenvalue weighted by atomic mass is 9.87. The van der Waals surface area contributed by atoms with E-state index in [-0.39, 0.29) is 0 Å². The van der Waals surface area contributed by atoms with Gasteiger partial charge in [-0.25, -0.2) is 12.7 Å². The molecule has 3 atom stereocenters. The third-order valence-electron chi connectivity index (χ3n) is 7.36. The number of ether oxygens (including phenoxy) is 1. The highest BCUT2D eigenvalue weighted by atomic mass is 32.2. The van der Waals surface area contributed by atoms with E-state index >= 15 is 0 Å². The predicted octanol–water partition coefficient (Wildman–Crippen LogP) is 6.22. The Morgan fingerprint density at radius 3 is 2.24 bits per heavy atom. The molecule has 5 heteroatoms. The van der Waals surface area contributed by atoms with Crippen LogP contribution in [0.4, 0.5) is 0 Å². The third kappa shape index (κ3) is 4.44. The number of aryl methyl sites for hydroxylation is 1. The highest BCUT2D eigenvalue weighted by Crippen LogP contribution is 2.49. The molecule has 0 saturated carbocycles. The Kier molecular flexibility index (Phi) is 6.64. The predicted molar refractivity (Wildman–Crippen MR) is 134 cm³/mol. The molecule has 1 aliphatic carbocycles. The van der Waals surface area contributed by atoms with Gasteiger partial charge in [0.2, 0.25) is 10.0 Å². The average molecular weight is 464 g/mol. The maximum Gasteiger partial charge on any atom is 0.243 e. The van der Waals surface area contributed by atoms with Crippen molar-refractivity contribution in [3.8, 4) is 16.9 Å². The molecule has 0 spiro atoms. The minimum Gasteiger partial charge on any atom is -0.497 e. The summed E-state index contributed by atoms with van der Waals surface area (Å²) in [6.45, 7) is 6.92. The van der Waals surface area contributed by atoms with Crippen molar-refractivity contribution in [2.75, 3.05) is 20.7 Å². The summed E-state index contributed by atoms with van der Waals surface area (Å²) >= 11 is 0. The smallest absolute Gasteiger partial charge is 0.243 e. The van der Waals surface area contributed by atoms with Crippen molar-refractivity contribution in [2.45, 2.75) is 43.9 Å². The second-order valence-corrected chi connectivity index (χ2v) is 11.2. The molecule has 3 aromatic rings. The molecule has 33 heavy (non-hydrogen) atoms. The zero-order valence-electron chi connectivity index (χ0n) is 20.1. The molecule has 0 aliphatic heterocycles. The number of fused-ring (bicyclic) bond motifs is 1. The van der Waals surface area contributed by atoms with Gasteiger partial charge < -0.3 is 4.74 Å². The monoisotopic (exact) mass is 463 g/mol. The van der Waals surface area contributed by atoms with E-state index in [1.165, 1.54) is 26.6 Å². The van der Waals surface area contributed by atoms with E-state index in [1.807, 2.05) is 31.2 Å². The van der Waals surface area contributed by atoms with E-state index in [2.05, 4.69) is 44.2 Å². The van der Waals surface area contributed by atoms with Crippen molar-refractivity contribution in [2.24, 2.45) is 5.92 Å². The van der Waals surface area contributed by atoms with Gasteiger partial charge in [-0.05, 0) is 77.1 Å². The van der Waals surface area contributed by atoms with Crippen LogP contribution in [0, 0.1) is 12.8 Å². The molecular weight excluding hydrogens is 430 g/mol. The molecule has 0 aromatic heterocycles. The topological polar surface area (TPSA) is 46.6 Å². The van der Waals surface area contributed by atoms with E-state index in [0.717, 1.165) is 17.7 Å². The minimum absolute atomic E-state index is 0.342. The van der Waals surface area contributed by atoms with Gasteiger partial charge in [0.05, 0.1) is 12.0 Å². The Labute approximate surface area is 198 Å². The number of methoxy groups -OCH3 is 1. The summed E-state index contributed by atoms with van der Waals surface area (Å²) in [5, 5.41) is 0. The first-order chi connectivity index (χ1) is 15.7. The van der Waals surface area contributed by atoms with Gasteiger partial charge in [0.1, 0.15) is 5.75 Å². The summed E-state index contributed by atoms with van der Waals surface area (Å²) in [4.78, 5) is 0.393. The summed E-state index contributed by atoms with van der Waals surface area (Å²) in [6.07, 6.45) is 0.808. The second kappa shape index (κ2) is 9.32. The fourth-order valence-electron chi connectivity index (χ4n) is 5.06. The van der Waals surface area contributed by atoms with Crippen molar-refractivity contribution in [3.05, 3.63) is 83.4 Å². The molecular formula is C28H33NO3S. The van der Waals surface area contributed by atoms with Gasteiger partial charge in [-0.15, -0.1) is 0 Å². The fourth-order valence-corrected chi connectivity index (χ4v) is 6.46. The lowest BCUT2D eigenvalue weighted by Gasteiger charge is -2.23. The summed E-state index contributed by atoms with van der Waals surface area (Å²) in [5.41, 5.74) is 5.89. The van der Waals surface area contributed by atoms with E-state index in [0.29, 0.717) is 29.2 Å². The van der Waals surface area contributed by atoms with E-state index in [4.69, 9.17) is 4.74 Å². The van der Waals surface area contributed by atoms with Crippen LogP contribution in [0.5, 0.6) is 5.75 Å². The van der Waals surface area contributed by atoms with Crippen LogP contribution in [-0.2, 0) is 10.0 Å². The molecule has 174 valence electrons. The molecule has 0 saturated heterocycles. The summed E-state index contributed by atoms with van der Waals surface area (Å²) in [7, 11) is -0.124. The SMILES string of the molecule is COc1ccc(-c2ccc3c(c2)C(C)[C@@H](C)C3CCN(C)S(=O)(=O)c2ccccc2C)cc1. The molecule has 3 aromatic carbocycles. The minimum atomic E-state index is -3.50. The van der Waals surface area contributed by atoms with Crippen molar-refractivity contribution >= 4 is 10.0 Å². The van der Waals surface area contributed by atoms with Gasteiger partial charge in [0.25, 0.3) is 0 Å². The number of hydrogen-bond donors (Lipinski definition) is 0. The van der Waals surface area contributed by atoms with Crippen LogP contribution >= 0.6 is 0 Å². The Bertz CT molecular complexity index is 1230. The molecule has 0 heterocycles. The van der Waals surface area contributed by atoms with Crippen molar-refractivity contribution < 1.29 is 13.2 Å². The number of nitrogens with zero attached hydrogens (tertiary/aromatic N) is 1. The second-order valence-electron chi connectivity index (χ2n) is 9.21. The number of sulfonamides is 1. The Hall–Kier alpha value is -2.63. The molecule has 0 radical (unpaired) electrons. The van der Waals surface area contributed by atoms with Crippen LogP contribution in [-0.4, -0.2) is 33.4 Å². The van der Waals surface area contributed by atoms with Crippen molar-refractivity contribution in [3.63, 3.8) is 0 Å². The van der Waals surface area contributed by atoms with Gasteiger partial charge >= 0.3 is 0 Å². The Morgan fingerprint density at radius 1 is 0.909 bits per heavy atom. The van der Waals surface area contributed by atoms with Gasteiger partial charge in [0, 0.05) is 13.6 Å². The van der Waals surface area contributed by atoms with E-state index < -0.39 is 10.0 Å². The molecule has 0 fully saturated rings. The first kappa shape index (κ1) is 23.5. The summed E-state index contributed by atoms with van der Waals surface area (Å²) in [5.74, 6) is 2.09. The van der Waals surface area contributed by atoms with Gasteiger partial charge in [-0.3, -0.25) is 0 Å². The first-order valence-corrected chi connectivity index (χ1v) is 13.0. The molecule has 2 unspecified atom stereocenters. The van der Waals surface area contributed by atoms with Crippen LogP contribution in [0.3, 0.4) is 0 Å². The first-order valence-electron chi connectivity index (χ1n) is 11.5. The molecule has 4 rings (SSSR count). The van der Waals surface area contributed by atoms with Gasteiger partial charge in [-0.2, -0.15) is 0 Å². The zero-order valence-corrected chi connectivity index (χ0v) is 20.9.